The molecule has 0 spiro atoms. The Morgan fingerprint density at radius 2 is 1.73 bits per heavy atom. The number of benzene rings is 1. The Morgan fingerprint density at radius 1 is 1.03 bits per heavy atom. The van der Waals surface area contributed by atoms with Gasteiger partial charge in [0.15, 0.2) is 0 Å². The van der Waals surface area contributed by atoms with Crippen LogP contribution in [0.5, 0.6) is 0 Å². The second-order valence-corrected chi connectivity index (χ2v) is 9.15. The molecule has 1 heterocycles. The lowest BCUT2D eigenvalue weighted by Gasteiger charge is -2.33. The van der Waals surface area contributed by atoms with Gasteiger partial charge in [0, 0.05) is 19.0 Å². The third-order valence-corrected chi connectivity index (χ3v) is 5.22. The van der Waals surface area contributed by atoms with Crippen LogP contribution in [0.2, 0.25) is 0 Å². The average Bonchev–Trinajstić information content (AvgIpc) is 3.21. The smallest absolute Gasteiger partial charge is 0.242 e. The highest BCUT2D eigenvalue weighted by atomic mass is 16.3. The third-order valence-electron chi connectivity index (χ3n) is 5.22. The van der Waals surface area contributed by atoms with Gasteiger partial charge in [0.2, 0.25) is 11.8 Å². The lowest BCUT2D eigenvalue weighted by atomic mass is 9.91. The van der Waals surface area contributed by atoms with E-state index in [4.69, 9.17) is 4.42 Å². The van der Waals surface area contributed by atoms with Crippen molar-refractivity contribution in [3.63, 3.8) is 0 Å². The summed E-state index contributed by atoms with van der Waals surface area (Å²) in [5.41, 5.74) is 1.06. The van der Waals surface area contributed by atoms with Crippen LogP contribution >= 0.6 is 0 Å². The van der Waals surface area contributed by atoms with Crippen LogP contribution in [-0.4, -0.2) is 40.7 Å². The molecule has 0 saturated carbocycles. The average molecular weight is 413 g/mol. The number of hydrogen-bond donors (Lipinski definition) is 0. The van der Waals surface area contributed by atoms with E-state index < -0.39 is 0 Å². The maximum atomic E-state index is 13.3. The number of rotatable bonds is 10. The number of furan rings is 1. The summed E-state index contributed by atoms with van der Waals surface area (Å²) < 4.78 is 5.48. The zero-order valence-corrected chi connectivity index (χ0v) is 19.1. The monoisotopic (exact) mass is 412 g/mol. The molecule has 5 nitrogen and oxygen atoms in total. The lowest BCUT2D eigenvalue weighted by molar-refractivity contribution is -0.144. The quantitative estimate of drug-likeness (QED) is 0.557. The number of hydrogen-bond acceptors (Lipinski definition) is 3. The Bertz CT molecular complexity index is 778. The van der Waals surface area contributed by atoms with Gasteiger partial charge >= 0.3 is 0 Å². The van der Waals surface area contributed by atoms with Gasteiger partial charge in [0.25, 0.3) is 0 Å². The molecule has 0 N–H and O–H groups in total. The Labute approximate surface area is 181 Å². The van der Waals surface area contributed by atoms with E-state index in [1.807, 2.05) is 65.0 Å². The largest absolute Gasteiger partial charge is 0.467 e. The first kappa shape index (κ1) is 23.7. The van der Waals surface area contributed by atoms with E-state index in [1.54, 1.807) is 16.1 Å². The number of carbonyl (C=O) groups excluding carboxylic acids is 2. The summed E-state index contributed by atoms with van der Waals surface area (Å²) in [6, 6.07) is 13.8. The molecule has 0 bridgehead atoms. The summed E-state index contributed by atoms with van der Waals surface area (Å²) >= 11 is 0. The Morgan fingerprint density at radius 3 is 2.30 bits per heavy atom. The number of carbonyl (C=O) groups is 2. The third kappa shape index (κ3) is 7.69. The van der Waals surface area contributed by atoms with Gasteiger partial charge in [0.05, 0.1) is 12.8 Å². The molecule has 1 atom stereocenters. The summed E-state index contributed by atoms with van der Waals surface area (Å²) in [5, 5.41) is 0. The normalized spacial score (nSPS) is 12.4. The molecule has 1 aromatic heterocycles. The highest BCUT2D eigenvalue weighted by Crippen LogP contribution is 2.21. The van der Waals surface area contributed by atoms with E-state index in [1.165, 1.54) is 5.56 Å². The Balaban J connectivity index is 2.13. The summed E-state index contributed by atoms with van der Waals surface area (Å²) in [6.07, 6.45) is 3.61. The predicted molar refractivity (Wildman–Crippen MR) is 120 cm³/mol. The lowest BCUT2D eigenvalue weighted by Crippen LogP contribution is -2.47. The molecule has 1 aromatic carbocycles. The molecule has 5 heteroatoms. The number of amides is 2. The molecule has 0 radical (unpaired) electrons. The van der Waals surface area contributed by atoms with E-state index in [2.05, 4.69) is 12.1 Å². The van der Waals surface area contributed by atoms with E-state index in [-0.39, 0.29) is 29.8 Å². The van der Waals surface area contributed by atoms with Gasteiger partial charge in [-0.1, -0.05) is 58.0 Å². The van der Waals surface area contributed by atoms with Crippen molar-refractivity contribution in [1.82, 2.24) is 9.80 Å². The topological polar surface area (TPSA) is 53.8 Å². The number of nitrogens with zero attached hydrogens (tertiary/aromatic N) is 2. The molecule has 0 unspecified atom stereocenters. The van der Waals surface area contributed by atoms with E-state index in [0.29, 0.717) is 19.5 Å². The molecule has 2 amide bonds. The second-order valence-electron chi connectivity index (χ2n) is 9.15. The van der Waals surface area contributed by atoms with Crippen molar-refractivity contribution < 1.29 is 14.0 Å². The minimum Gasteiger partial charge on any atom is -0.467 e. The molecule has 0 aliphatic rings. The maximum Gasteiger partial charge on any atom is 0.242 e. The van der Waals surface area contributed by atoms with Crippen molar-refractivity contribution in [3.05, 3.63) is 60.1 Å². The van der Waals surface area contributed by atoms with Crippen LogP contribution in [-0.2, 0) is 22.6 Å². The van der Waals surface area contributed by atoms with Gasteiger partial charge in [-0.3, -0.25) is 9.59 Å². The van der Waals surface area contributed by atoms with Crippen LogP contribution < -0.4 is 0 Å². The van der Waals surface area contributed by atoms with Crippen molar-refractivity contribution in [2.75, 3.05) is 13.1 Å². The van der Waals surface area contributed by atoms with Crippen molar-refractivity contribution in [3.8, 4) is 0 Å². The first-order chi connectivity index (χ1) is 14.2. The van der Waals surface area contributed by atoms with Crippen LogP contribution in [0.3, 0.4) is 0 Å². The highest BCUT2D eigenvalue weighted by Gasteiger charge is 2.28. The SMILES string of the molecule is CC[C@@H](C)N(CC(=O)N(CCc1ccccc1)Cc1ccco1)C(=O)CC(C)(C)C. The van der Waals surface area contributed by atoms with Crippen LogP contribution in [0.25, 0.3) is 0 Å². The fraction of sp³-hybridized carbons (Fsp3) is 0.520. The van der Waals surface area contributed by atoms with Gasteiger partial charge in [-0.05, 0) is 42.9 Å². The maximum absolute atomic E-state index is 13.3. The van der Waals surface area contributed by atoms with E-state index in [0.717, 1.165) is 18.6 Å². The van der Waals surface area contributed by atoms with Crippen molar-refractivity contribution in [2.24, 2.45) is 5.41 Å². The van der Waals surface area contributed by atoms with Crippen LogP contribution in [0, 0.1) is 5.41 Å². The summed E-state index contributed by atoms with van der Waals surface area (Å²) in [5.74, 6) is 0.726. The standard InChI is InChI=1S/C25H36N2O3/c1-6-20(2)27(23(28)17-25(3,4)5)19-24(29)26(18-22-13-10-16-30-22)15-14-21-11-8-7-9-12-21/h7-13,16,20H,6,14-15,17-19H2,1-5H3/t20-/m1/s1. The van der Waals surface area contributed by atoms with Gasteiger partial charge in [-0.15, -0.1) is 0 Å². The Kier molecular flexibility index (Phi) is 8.70. The second kappa shape index (κ2) is 11.0. The molecule has 2 aromatic rings. The fourth-order valence-corrected chi connectivity index (χ4v) is 3.30. The van der Waals surface area contributed by atoms with Crippen LogP contribution in [0.15, 0.2) is 53.1 Å². The zero-order chi connectivity index (χ0) is 22.1. The molecular weight excluding hydrogens is 376 g/mol. The molecule has 0 saturated heterocycles. The molecular formula is C25H36N2O3. The van der Waals surface area contributed by atoms with Gasteiger partial charge < -0.3 is 14.2 Å². The first-order valence-electron chi connectivity index (χ1n) is 10.8. The predicted octanol–water partition coefficient (Wildman–Crippen LogP) is 4.91. The molecule has 164 valence electrons. The summed E-state index contributed by atoms with van der Waals surface area (Å²) in [4.78, 5) is 29.8. The van der Waals surface area contributed by atoms with Crippen LogP contribution in [0.4, 0.5) is 0 Å². The molecule has 30 heavy (non-hydrogen) atoms. The highest BCUT2D eigenvalue weighted by molar-refractivity contribution is 5.85. The molecule has 0 aliphatic heterocycles. The first-order valence-corrected chi connectivity index (χ1v) is 10.8. The van der Waals surface area contributed by atoms with Crippen molar-refractivity contribution in [1.29, 1.82) is 0 Å². The fourth-order valence-electron chi connectivity index (χ4n) is 3.30. The van der Waals surface area contributed by atoms with E-state index in [9.17, 15) is 9.59 Å². The molecule has 0 fully saturated rings. The zero-order valence-electron chi connectivity index (χ0n) is 19.1. The minimum absolute atomic E-state index is 0.0170. The minimum atomic E-state index is -0.118. The Hall–Kier alpha value is -2.56. The van der Waals surface area contributed by atoms with Gasteiger partial charge in [0.1, 0.15) is 12.3 Å². The molecule has 0 aliphatic carbocycles. The molecule has 2 rings (SSSR count). The van der Waals surface area contributed by atoms with Gasteiger partial charge in [-0.2, -0.15) is 0 Å². The summed E-state index contributed by atoms with van der Waals surface area (Å²) in [7, 11) is 0. The van der Waals surface area contributed by atoms with Crippen molar-refractivity contribution >= 4 is 11.8 Å². The van der Waals surface area contributed by atoms with E-state index >= 15 is 0 Å². The summed E-state index contributed by atoms with van der Waals surface area (Å²) in [6.45, 7) is 11.3. The van der Waals surface area contributed by atoms with Crippen LogP contribution in [0.1, 0.15) is 58.8 Å². The van der Waals surface area contributed by atoms with Gasteiger partial charge in [-0.25, -0.2) is 0 Å². The van der Waals surface area contributed by atoms with Crippen molar-refractivity contribution in [2.45, 2.75) is 66.5 Å².